The maximum atomic E-state index is 13.0. The second-order valence-electron chi connectivity index (χ2n) is 8.12. The number of fused-ring (bicyclic) bond motifs is 2. The molecule has 6 heteroatoms. The van der Waals surface area contributed by atoms with E-state index in [4.69, 9.17) is 4.74 Å². The third-order valence-corrected chi connectivity index (χ3v) is 7.01. The summed E-state index contributed by atoms with van der Waals surface area (Å²) in [7, 11) is 3.61. The first-order chi connectivity index (χ1) is 15.1. The van der Waals surface area contributed by atoms with Crippen molar-refractivity contribution in [3.8, 4) is 0 Å². The molecule has 5 rings (SSSR count). The van der Waals surface area contributed by atoms with Crippen molar-refractivity contribution in [2.24, 2.45) is 0 Å². The van der Waals surface area contributed by atoms with Crippen LogP contribution >= 0.6 is 11.3 Å². The maximum Gasteiger partial charge on any atom is 0.263 e. The van der Waals surface area contributed by atoms with Gasteiger partial charge in [0.25, 0.3) is 5.91 Å². The molecule has 0 radical (unpaired) electrons. The second-order valence-corrected chi connectivity index (χ2v) is 9.17. The quantitative estimate of drug-likeness (QED) is 0.469. The van der Waals surface area contributed by atoms with Crippen molar-refractivity contribution < 1.29 is 9.53 Å². The Morgan fingerprint density at radius 3 is 2.74 bits per heavy atom. The summed E-state index contributed by atoms with van der Waals surface area (Å²) in [5.41, 5.74) is 3.32. The lowest BCUT2D eigenvalue weighted by molar-refractivity contribution is -0.0322. The molecular weight excluding hydrogens is 406 g/mol. The van der Waals surface area contributed by atoms with Gasteiger partial charge in [0.05, 0.1) is 23.1 Å². The number of rotatable bonds is 4. The summed E-state index contributed by atoms with van der Waals surface area (Å²) in [5.74, 6) is 0.0389. The first-order valence-electron chi connectivity index (χ1n) is 10.5. The summed E-state index contributed by atoms with van der Waals surface area (Å²) in [5, 5.41) is 2.32. The van der Waals surface area contributed by atoms with Gasteiger partial charge in [-0.05, 0) is 29.1 Å². The van der Waals surface area contributed by atoms with Gasteiger partial charge in [-0.2, -0.15) is 0 Å². The Balaban J connectivity index is 1.47. The van der Waals surface area contributed by atoms with Gasteiger partial charge in [0.1, 0.15) is 0 Å². The fraction of sp³-hybridized carbons (Fsp3) is 0.280. The van der Waals surface area contributed by atoms with Crippen LogP contribution in [0, 0.1) is 0 Å². The van der Waals surface area contributed by atoms with Crippen LogP contribution in [-0.4, -0.2) is 54.5 Å². The highest BCUT2D eigenvalue weighted by molar-refractivity contribution is 7.21. The largest absolute Gasteiger partial charge is 0.371 e. The number of nitrogens with zero attached hydrogens (tertiary/aromatic N) is 3. The summed E-state index contributed by atoms with van der Waals surface area (Å²) < 4.78 is 7.37. The van der Waals surface area contributed by atoms with Crippen molar-refractivity contribution in [2.75, 3.05) is 33.8 Å². The fourth-order valence-electron chi connectivity index (χ4n) is 4.30. The van der Waals surface area contributed by atoms with Gasteiger partial charge in [0.15, 0.2) is 0 Å². The minimum Gasteiger partial charge on any atom is -0.371 e. The maximum absolute atomic E-state index is 13.0. The van der Waals surface area contributed by atoms with E-state index in [2.05, 4.69) is 46.3 Å². The summed E-state index contributed by atoms with van der Waals surface area (Å²) in [6.45, 7) is 3.10. The third-order valence-electron chi connectivity index (χ3n) is 5.84. The molecule has 4 aromatic rings. The average Bonchev–Trinajstić information content (AvgIpc) is 3.18. The predicted molar refractivity (Wildman–Crippen MR) is 126 cm³/mol. The molecule has 158 valence electrons. The van der Waals surface area contributed by atoms with E-state index in [1.165, 1.54) is 10.9 Å². The lowest BCUT2D eigenvalue weighted by atomic mass is 10.0. The fourth-order valence-corrected chi connectivity index (χ4v) is 5.58. The van der Waals surface area contributed by atoms with Crippen LogP contribution < -0.4 is 0 Å². The Bertz CT molecular complexity index is 1240. The number of carbonyl (C=O) groups excluding carboxylic acids is 1. The standard InChI is InChI=1S/C25H25N3O2S/c1-27(2)25(29)24-23(19-8-4-6-10-22(19)31-24)21-16-28(13-14-30-21)15-17-11-12-26-20-9-5-3-7-18(17)20/h3-12,21H,13-16H2,1-2H3. The first-order valence-corrected chi connectivity index (χ1v) is 11.3. The van der Waals surface area contributed by atoms with E-state index in [0.717, 1.165) is 45.7 Å². The third kappa shape index (κ3) is 3.82. The molecule has 31 heavy (non-hydrogen) atoms. The number of ether oxygens (including phenoxy) is 1. The number of para-hydroxylation sites is 1. The molecule has 0 saturated carbocycles. The molecule has 1 saturated heterocycles. The summed E-state index contributed by atoms with van der Waals surface area (Å²) in [6, 6.07) is 18.6. The molecule has 1 aliphatic rings. The van der Waals surface area contributed by atoms with E-state index >= 15 is 0 Å². The monoisotopic (exact) mass is 431 g/mol. The zero-order valence-electron chi connectivity index (χ0n) is 17.7. The molecule has 1 aliphatic heterocycles. The first kappa shape index (κ1) is 20.1. The zero-order valence-corrected chi connectivity index (χ0v) is 18.6. The number of pyridine rings is 1. The molecule has 2 aromatic carbocycles. The number of amides is 1. The van der Waals surface area contributed by atoms with Crippen molar-refractivity contribution in [1.29, 1.82) is 0 Å². The van der Waals surface area contributed by atoms with Crippen molar-refractivity contribution in [3.05, 3.63) is 76.8 Å². The van der Waals surface area contributed by atoms with Crippen LogP contribution in [0.2, 0.25) is 0 Å². The number of hydrogen-bond donors (Lipinski definition) is 0. The highest BCUT2D eigenvalue weighted by atomic mass is 32.1. The molecule has 1 amide bonds. The van der Waals surface area contributed by atoms with Crippen LogP contribution in [0.1, 0.15) is 26.9 Å². The Morgan fingerprint density at radius 1 is 1.13 bits per heavy atom. The van der Waals surface area contributed by atoms with E-state index in [9.17, 15) is 4.79 Å². The number of thiophene rings is 1. The second kappa shape index (κ2) is 8.38. The van der Waals surface area contributed by atoms with Crippen LogP contribution in [0.15, 0.2) is 60.8 Å². The van der Waals surface area contributed by atoms with E-state index < -0.39 is 0 Å². The molecule has 0 aliphatic carbocycles. The van der Waals surface area contributed by atoms with E-state index in [-0.39, 0.29) is 12.0 Å². The van der Waals surface area contributed by atoms with Gasteiger partial charge < -0.3 is 9.64 Å². The Hall–Kier alpha value is -2.80. The molecule has 0 bridgehead atoms. The Labute approximate surface area is 185 Å². The average molecular weight is 432 g/mol. The highest BCUT2D eigenvalue weighted by Gasteiger charge is 2.30. The Morgan fingerprint density at radius 2 is 1.90 bits per heavy atom. The van der Waals surface area contributed by atoms with Gasteiger partial charge in [-0.3, -0.25) is 14.7 Å². The van der Waals surface area contributed by atoms with Gasteiger partial charge in [-0.15, -0.1) is 11.3 Å². The summed E-state index contributed by atoms with van der Waals surface area (Å²) >= 11 is 1.56. The molecule has 5 nitrogen and oxygen atoms in total. The van der Waals surface area contributed by atoms with Gasteiger partial charge in [-0.25, -0.2) is 0 Å². The van der Waals surface area contributed by atoms with E-state index in [1.807, 2.05) is 24.4 Å². The molecule has 2 aromatic heterocycles. The molecule has 1 unspecified atom stereocenters. The van der Waals surface area contributed by atoms with Crippen LogP contribution in [0.4, 0.5) is 0 Å². The summed E-state index contributed by atoms with van der Waals surface area (Å²) in [4.78, 5) is 22.3. The predicted octanol–water partition coefficient (Wildman–Crippen LogP) is 4.72. The van der Waals surface area contributed by atoms with Crippen molar-refractivity contribution in [1.82, 2.24) is 14.8 Å². The van der Waals surface area contributed by atoms with Crippen LogP contribution in [-0.2, 0) is 11.3 Å². The van der Waals surface area contributed by atoms with Crippen molar-refractivity contribution >= 4 is 38.2 Å². The number of carbonyl (C=O) groups is 1. The van der Waals surface area contributed by atoms with Crippen molar-refractivity contribution in [2.45, 2.75) is 12.6 Å². The zero-order chi connectivity index (χ0) is 21.4. The molecule has 1 atom stereocenters. The number of aromatic nitrogens is 1. The minimum atomic E-state index is -0.128. The van der Waals surface area contributed by atoms with Crippen LogP contribution in [0.3, 0.4) is 0 Å². The molecular formula is C25H25N3O2S. The van der Waals surface area contributed by atoms with Gasteiger partial charge in [0, 0.05) is 55.6 Å². The van der Waals surface area contributed by atoms with Crippen LogP contribution in [0.5, 0.6) is 0 Å². The number of morpholine rings is 1. The summed E-state index contributed by atoms with van der Waals surface area (Å²) in [6.07, 6.45) is 1.76. The molecule has 0 spiro atoms. The molecule has 3 heterocycles. The van der Waals surface area contributed by atoms with Gasteiger partial charge >= 0.3 is 0 Å². The van der Waals surface area contributed by atoms with E-state index in [0.29, 0.717) is 6.61 Å². The molecule has 1 fully saturated rings. The lowest BCUT2D eigenvalue weighted by Crippen LogP contribution is -2.38. The molecule has 0 N–H and O–H groups in total. The SMILES string of the molecule is CN(C)C(=O)c1sc2ccccc2c1C1CN(Cc2ccnc3ccccc23)CCO1. The van der Waals surface area contributed by atoms with E-state index in [1.54, 1.807) is 30.3 Å². The van der Waals surface area contributed by atoms with Crippen LogP contribution in [0.25, 0.3) is 21.0 Å². The smallest absolute Gasteiger partial charge is 0.263 e. The normalized spacial score (nSPS) is 17.3. The lowest BCUT2D eigenvalue weighted by Gasteiger charge is -2.33. The minimum absolute atomic E-state index is 0.0389. The highest BCUT2D eigenvalue weighted by Crippen LogP contribution is 2.39. The number of hydrogen-bond acceptors (Lipinski definition) is 5. The Kier molecular flexibility index (Phi) is 5.44. The van der Waals surface area contributed by atoms with Gasteiger partial charge in [-0.1, -0.05) is 36.4 Å². The topological polar surface area (TPSA) is 45.7 Å². The van der Waals surface area contributed by atoms with Gasteiger partial charge in [0.2, 0.25) is 0 Å². The number of benzene rings is 2. The van der Waals surface area contributed by atoms with Crippen molar-refractivity contribution in [3.63, 3.8) is 0 Å².